The third kappa shape index (κ3) is 4.43. The summed E-state index contributed by atoms with van der Waals surface area (Å²) in [6, 6.07) is 13.8. The average Bonchev–Trinajstić information content (AvgIpc) is 2.78. The number of carbonyl (C=O) groups is 2. The van der Waals surface area contributed by atoms with Crippen molar-refractivity contribution in [3.05, 3.63) is 42.5 Å². The maximum Gasteiger partial charge on any atom is 0.411 e. The zero-order chi connectivity index (χ0) is 22.8. The van der Waals surface area contributed by atoms with Crippen LogP contribution in [0.5, 0.6) is 0 Å². The Morgan fingerprint density at radius 3 is 2.31 bits per heavy atom. The van der Waals surface area contributed by atoms with E-state index in [4.69, 9.17) is 4.74 Å². The van der Waals surface area contributed by atoms with Crippen LogP contribution in [0.1, 0.15) is 27.2 Å². The molecule has 1 fully saturated rings. The Bertz CT molecular complexity index is 983. The molecule has 2 aromatic rings. The van der Waals surface area contributed by atoms with Crippen LogP contribution in [0.25, 0.3) is 11.1 Å². The van der Waals surface area contributed by atoms with Crippen molar-refractivity contribution in [3.63, 3.8) is 0 Å². The quantitative estimate of drug-likeness (QED) is 0.765. The highest BCUT2D eigenvalue weighted by molar-refractivity contribution is 6.03. The molecule has 0 radical (unpaired) electrons. The van der Waals surface area contributed by atoms with Crippen molar-refractivity contribution in [1.29, 1.82) is 0 Å². The lowest BCUT2D eigenvalue weighted by Gasteiger charge is -2.40. The Morgan fingerprint density at radius 2 is 1.69 bits per heavy atom. The van der Waals surface area contributed by atoms with E-state index in [1.54, 1.807) is 4.90 Å². The van der Waals surface area contributed by atoms with Crippen molar-refractivity contribution in [3.8, 4) is 11.1 Å². The third-order valence-corrected chi connectivity index (χ3v) is 6.07. The summed E-state index contributed by atoms with van der Waals surface area (Å²) >= 11 is 0. The van der Waals surface area contributed by atoms with Gasteiger partial charge in [-0.15, -0.1) is 0 Å². The van der Waals surface area contributed by atoms with Crippen LogP contribution in [0.4, 0.5) is 21.9 Å². The summed E-state index contributed by atoms with van der Waals surface area (Å²) in [5.74, 6) is 0.265. The van der Waals surface area contributed by atoms with Crippen LogP contribution in [0, 0.1) is 5.92 Å². The average molecular weight is 438 g/mol. The van der Waals surface area contributed by atoms with Crippen molar-refractivity contribution in [2.75, 3.05) is 47.5 Å². The van der Waals surface area contributed by atoms with E-state index in [0.717, 1.165) is 43.1 Å². The second-order valence-corrected chi connectivity index (χ2v) is 8.95. The number of hydrogen-bond donors (Lipinski definition) is 1. The minimum Gasteiger partial charge on any atom is -0.465 e. The van der Waals surface area contributed by atoms with E-state index >= 15 is 0 Å². The van der Waals surface area contributed by atoms with E-state index in [2.05, 4.69) is 29.2 Å². The maximum absolute atomic E-state index is 12.9. The Balaban J connectivity index is 1.67. The molecule has 2 heterocycles. The van der Waals surface area contributed by atoms with Gasteiger partial charge in [-0.05, 0) is 48.2 Å². The van der Waals surface area contributed by atoms with Gasteiger partial charge in [0.15, 0.2) is 0 Å². The van der Waals surface area contributed by atoms with Crippen LogP contribution in [-0.4, -0.2) is 56.0 Å². The molecule has 2 amide bonds. The number of carboxylic acid groups (broad SMARTS) is 1. The first kappa shape index (κ1) is 22.1. The fourth-order valence-corrected chi connectivity index (χ4v) is 4.50. The molecule has 1 saturated heterocycles. The van der Waals surface area contributed by atoms with E-state index < -0.39 is 6.09 Å². The lowest BCUT2D eigenvalue weighted by molar-refractivity contribution is -0.119. The number of morpholine rings is 1. The molecule has 2 aliphatic rings. The topological polar surface area (TPSA) is 73.3 Å². The van der Waals surface area contributed by atoms with Crippen molar-refractivity contribution in [2.24, 2.45) is 5.92 Å². The molecule has 0 aromatic heterocycles. The predicted molar refractivity (Wildman–Crippen MR) is 127 cm³/mol. The SMILES string of the molecule is CC(C)CC(=O)N1c2ccc(-c3ccc(N4CCOCC4)cc3)cc2N(C(=O)O)C[C@@H]1C. The standard InChI is InChI=1S/C25H31N3O4/c1-17(2)14-24(29)28-18(3)16-27(25(30)31)23-15-20(6-9-22(23)28)19-4-7-21(8-5-19)26-10-12-32-13-11-26/h4-9,15,17-18H,10-14,16H2,1-3H3,(H,30,31)/t18-/m0/s1. The van der Waals surface area contributed by atoms with Gasteiger partial charge < -0.3 is 19.6 Å². The number of rotatable bonds is 4. The second-order valence-electron chi connectivity index (χ2n) is 8.95. The number of anilines is 3. The normalized spacial score (nSPS) is 18.6. The van der Waals surface area contributed by atoms with Gasteiger partial charge in [-0.25, -0.2) is 4.79 Å². The third-order valence-electron chi connectivity index (χ3n) is 6.07. The van der Waals surface area contributed by atoms with Crippen molar-refractivity contribution < 1.29 is 19.4 Å². The molecule has 0 saturated carbocycles. The zero-order valence-corrected chi connectivity index (χ0v) is 19.0. The summed E-state index contributed by atoms with van der Waals surface area (Å²) in [4.78, 5) is 30.4. The van der Waals surface area contributed by atoms with Gasteiger partial charge in [-0.2, -0.15) is 0 Å². The molecule has 2 aromatic carbocycles. The van der Waals surface area contributed by atoms with Gasteiger partial charge in [0, 0.05) is 31.7 Å². The minimum absolute atomic E-state index is 0.0291. The van der Waals surface area contributed by atoms with Crippen LogP contribution < -0.4 is 14.7 Å². The van der Waals surface area contributed by atoms with Gasteiger partial charge in [-0.3, -0.25) is 9.69 Å². The molecule has 2 aliphatic heterocycles. The summed E-state index contributed by atoms with van der Waals surface area (Å²) in [5.41, 5.74) is 4.30. The van der Waals surface area contributed by atoms with Crippen LogP contribution >= 0.6 is 0 Å². The Morgan fingerprint density at radius 1 is 1.03 bits per heavy atom. The van der Waals surface area contributed by atoms with E-state index in [9.17, 15) is 14.7 Å². The highest BCUT2D eigenvalue weighted by Gasteiger charge is 2.35. The molecule has 7 nitrogen and oxygen atoms in total. The molecular formula is C25H31N3O4. The van der Waals surface area contributed by atoms with Gasteiger partial charge in [0.25, 0.3) is 0 Å². The second kappa shape index (κ2) is 9.20. The summed E-state index contributed by atoms with van der Waals surface area (Å²) in [7, 11) is 0. The van der Waals surface area contributed by atoms with E-state index in [-0.39, 0.29) is 24.4 Å². The molecule has 0 unspecified atom stereocenters. The summed E-state index contributed by atoms with van der Waals surface area (Å²) < 4.78 is 5.43. The summed E-state index contributed by atoms with van der Waals surface area (Å²) in [6.45, 7) is 9.42. The molecule has 7 heteroatoms. The highest BCUT2D eigenvalue weighted by Crippen LogP contribution is 2.39. The van der Waals surface area contributed by atoms with Crippen molar-refractivity contribution in [2.45, 2.75) is 33.2 Å². The van der Waals surface area contributed by atoms with E-state index in [1.807, 2.05) is 39.0 Å². The molecule has 0 spiro atoms. The first-order valence-electron chi connectivity index (χ1n) is 11.2. The van der Waals surface area contributed by atoms with Crippen molar-refractivity contribution >= 4 is 29.1 Å². The number of carbonyl (C=O) groups excluding carboxylic acids is 1. The summed E-state index contributed by atoms with van der Waals surface area (Å²) in [5, 5.41) is 9.82. The van der Waals surface area contributed by atoms with Crippen molar-refractivity contribution in [1.82, 2.24) is 0 Å². The fraction of sp³-hybridized carbons (Fsp3) is 0.440. The van der Waals surface area contributed by atoms with Gasteiger partial charge in [0.05, 0.1) is 30.6 Å². The lowest BCUT2D eigenvalue weighted by Crippen LogP contribution is -2.51. The monoisotopic (exact) mass is 437 g/mol. The molecule has 1 atom stereocenters. The number of nitrogens with zero attached hydrogens (tertiary/aromatic N) is 3. The van der Waals surface area contributed by atoms with Gasteiger partial charge >= 0.3 is 6.09 Å². The molecular weight excluding hydrogens is 406 g/mol. The van der Waals surface area contributed by atoms with Crippen LogP contribution in [0.3, 0.4) is 0 Å². The highest BCUT2D eigenvalue weighted by atomic mass is 16.5. The first-order valence-corrected chi connectivity index (χ1v) is 11.2. The number of ether oxygens (including phenoxy) is 1. The van der Waals surface area contributed by atoms with E-state index in [0.29, 0.717) is 17.8 Å². The first-order chi connectivity index (χ1) is 15.3. The Kier molecular flexibility index (Phi) is 6.37. The van der Waals surface area contributed by atoms with Crippen LogP contribution in [-0.2, 0) is 9.53 Å². The predicted octanol–water partition coefficient (Wildman–Crippen LogP) is 4.46. The molecule has 1 N–H and O–H groups in total. The smallest absolute Gasteiger partial charge is 0.411 e. The molecule has 32 heavy (non-hydrogen) atoms. The molecule has 4 rings (SSSR count). The van der Waals surface area contributed by atoms with Crippen LogP contribution in [0.2, 0.25) is 0 Å². The fourth-order valence-electron chi connectivity index (χ4n) is 4.50. The maximum atomic E-state index is 12.9. The number of amides is 2. The summed E-state index contributed by atoms with van der Waals surface area (Å²) in [6.07, 6.45) is -0.574. The van der Waals surface area contributed by atoms with Gasteiger partial charge in [-0.1, -0.05) is 32.0 Å². The van der Waals surface area contributed by atoms with Gasteiger partial charge in [0.2, 0.25) is 5.91 Å². The Hall–Kier alpha value is -3.06. The number of fused-ring (bicyclic) bond motifs is 1. The number of hydrogen-bond acceptors (Lipinski definition) is 4. The number of benzene rings is 2. The van der Waals surface area contributed by atoms with Gasteiger partial charge in [0.1, 0.15) is 0 Å². The lowest BCUT2D eigenvalue weighted by atomic mass is 9.99. The Labute approximate surface area is 189 Å². The van der Waals surface area contributed by atoms with Crippen LogP contribution in [0.15, 0.2) is 42.5 Å². The molecule has 0 aliphatic carbocycles. The van der Waals surface area contributed by atoms with E-state index in [1.165, 1.54) is 4.90 Å². The minimum atomic E-state index is -1.01. The molecule has 0 bridgehead atoms. The molecule has 170 valence electrons. The zero-order valence-electron chi connectivity index (χ0n) is 19.0. The largest absolute Gasteiger partial charge is 0.465 e.